The van der Waals surface area contributed by atoms with Crippen LogP contribution in [0.4, 0.5) is 0 Å². The van der Waals surface area contributed by atoms with Gasteiger partial charge in [-0.2, -0.15) is 0 Å². The zero-order chi connectivity index (χ0) is 31.2. The van der Waals surface area contributed by atoms with Crippen LogP contribution in [0.5, 0.6) is 0 Å². The van der Waals surface area contributed by atoms with Crippen molar-refractivity contribution < 1.29 is 33.0 Å². The highest BCUT2D eigenvalue weighted by molar-refractivity contribution is 7.92. The molecule has 0 fully saturated rings. The Morgan fingerprint density at radius 3 is 2.10 bits per heavy atom. The van der Waals surface area contributed by atoms with E-state index in [1.165, 1.54) is 12.3 Å². The average molecular weight is 599 g/mol. The fraction of sp³-hybridized carbons (Fsp3) is 0.724. The number of aliphatic hydroxyl groups is 2. The summed E-state index contributed by atoms with van der Waals surface area (Å²) in [5.41, 5.74) is 0.0166. The van der Waals surface area contributed by atoms with E-state index in [4.69, 9.17) is 0 Å². The standard InChI is InChI=1S/C29H50N4O7S/c1-7-11-21(12-8-2)41(39,40)18-24(33-28(37)22-13-9-10-14-30-22)29(38)32-23(15-19(3)4)27(36)25(34)16-26(35)31-17-20(5)6/h9-10,13-14,19-21,23-25,27,34,36H,7-8,11-12,15-18H2,1-6H3,(H,31,35)(H,32,38)(H,33,37)/t23-,24?,25+,27+/m0/s1. The minimum Gasteiger partial charge on any atom is -0.390 e. The van der Waals surface area contributed by atoms with Crippen LogP contribution in [-0.4, -0.2) is 83.2 Å². The Balaban J connectivity index is 3.23. The van der Waals surface area contributed by atoms with Gasteiger partial charge in [0.2, 0.25) is 11.8 Å². The number of rotatable bonds is 19. The molecule has 0 saturated carbocycles. The molecule has 41 heavy (non-hydrogen) atoms. The van der Waals surface area contributed by atoms with Crippen LogP contribution < -0.4 is 16.0 Å². The number of aliphatic hydroxyl groups excluding tert-OH is 2. The molecule has 1 rings (SSSR count). The summed E-state index contributed by atoms with van der Waals surface area (Å²) < 4.78 is 26.8. The quantitative estimate of drug-likeness (QED) is 0.161. The number of nitrogens with zero attached hydrogens (tertiary/aromatic N) is 1. The zero-order valence-corrected chi connectivity index (χ0v) is 26.1. The van der Waals surface area contributed by atoms with Crippen molar-refractivity contribution in [1.82, 2.24) is 20.9 Å². The topological polar surface area (TPSA) is 175 Å². The third kappa shape index (κ3) is 13.3. The van der Waals surface area contributed by atoms with Gasteiger partial charge in [-0.1, -0.05) is 60.5 Å². The molecule has 234 valence electrons. The van der Waals surface area contributed by atoms with Crippen molar-refractivity contribution in [3.8, 4) is 0 Å². The summed E-state index contributed by atoms with van der Waals surface area (Å²) in [7, 11) is -3.80. The second kappa shape index (κ2) is 18.1. The fourth-order valence-corrected chi connectivity index (χ4v) is 6.63. The maximum Gasteiger partial charge on any atom is 0.270 e. The number of hydrogen-bond donors (Lipinski definition) is 5. The van der Waals surface area contributed by atoms with Gasteiger partial charge in [-0.3, -0.25) is 19.4 Å². The van der Waals surface area contributed by atoms with Crippen LogP contribution >= 0.6 is 0 Å². The Morgan fingerprint density at radius 1 is 0.951 bits per heavy atom. The van der Waals surface area contributed by atoms with Crippen LogP contribution in [-0.2, 0) is 19.4 Å². The van der Waals surface area contributed by atoms with E-state index in [0.717, 1.165) is 0 Å². The summed E-state index contributed by atoms with van der Waals surface area (Å²) in [6.07, 6.45) is 0.433. The number of carbonyl (C=O) groups is 3. The van der Waals surface area contributed by atoms with E-state index in [-0.39, 0.29) is 30.4 Å². The fourth-order valence-electron chi connectivity index (χ4n) is 4.47. The van der Waals surface area contributed by atoms with Crippen molar-refractivity contribution in [1.29, 1.82) is 0 Å². The Hall–Kier alpha value is -2.57. The highest BCUT2D eigenvalue weighted by Gasteiger charge is 2.36. The Morgan fingerprint density at radius 2 is 1.59 bits per heavy atom. The van der Waals surface area contributed by atoms with Gasteiger partial charge in [0, 0.05) is 12.7 Å². The van der Waals surface area contributed by atoms with E-state index in [2.05, 4.69) is 20.9 Å². The van der Waals surface area contributed by atoms with Crippen molar-refractivity contribution in [2.45, 2.75) is 110 Å². The molecule has 1 heterocycles. The molecule has 1 unspecified atom stereocenters. The maximum atomic E-state index is 13.6. The number of amides is 3. The van der Waals surface area contributed by atoms with E-state index in [0.29, 0.717) is 32.2 Å². The lowest BCUT2D eigenvalue weighted by molar-refractivity contribution is -0.127. The van der Waals surface area contributed by atoms with Gasteiger partial charge in [0.25, 0.3) is 5.91 Å². The monoisotopic (exact) mass is 598 g/mol. The van der Waals surface area contributed by atoms with Crippen LogP contribution in [0.3, 0.4) is 0 Å². The van der Waals surface area contributed by atoms with Gasteiger partial charge in [0.15, 0.2) is 9.84 Å². The van der Waals surface area contributed by atoms with Gasteiger partial charge in [-0.25, -0.2) is 8.42 Å². The molecule has 5 N–H and O–H groups in total. The molecule has 11 nitrogen and oxygen atoms in total. The third-order valence-corrected chi connectivity index (χ3v) is 8.89. The van der Waals surface area contributed by atoms with Crippen LogP contribution in [0.2, 0.25) is 0 Å². The first-order chi connectivity index (χ1) is 19.2. The Labute approximate surface area is 245 Å². The molecule has 1 aromatic rings. The maximum absolute atomic E-state index is 13.6. The molecule has 0 aliphatic carbocycles. The lowest BCUT2D eigenvalue weighted by Crippen LogP contribution is -2.57. The van der Waals surface area contributed by atoms with Gasteiger partial charge in [-0.05, 0) is 43.2 Å². The van der Waals surface area contributed by atoms with E-state index in [1.54, 1.807) is 12.1 Å². The Kier molecular flexibility index (Phi) is 16.1. The van der Waals surface area contributed by atoms with Gasteiger partial charge in [0.05, 0.1) is 29.6 Å². The smallest absolute Gasteiger partial charge is 0.270 e. The molecule has 0 spiro atoms. The molecular formula is C29H50N4O7S. The molecule has 3 amide bonds. The predicted molar refractivity (Wildman–Crippen MR) is 159 cm³/mol. The molecule has 0 aromatic carbocycles. The summed E-state index contributed by atoms with van der Waals surface area (Å²) in [5, 5.41) is 28.8. The normalized spacial score (nSPS) is 14.9. The molecule has 1 aromatic heterocycles. The molecule has 0 bridgehead atoms. The van der Waals surface area contributed by atoms with E-state index in [1.807, 2.05) is 41.5 Å². The number of carbonyl (C=O) groups excluding carboxylic acids is 3. The Bertz CT molecular complexity index is 1040. The summed E-state index contributed by atoms with van der Waals surface area (Å²) in [6, 6.07) is 2.19. The minimum atomic E-state index is -3.80. The van der Waals surface area contributed by atoms with Gasteiger partial charge < -0.3 is 26.2 Å². The molecule has 0 aliphatic heterocycles. The van der Waals surface area contributed by atoms with Crippen molar-refractivity contribution in [2.24, 2.45) is 11.8 Å². The van der Waals surface area contributed by atoms with Crippen molar-refractivity contribution in [3.05, 3.63) is 30.1 Å². The van der Waals surface area contributed by atoms with Crippen LogP contribution in [0.1, 0.15) is 90.6 Å². The number of nitrogens with one attached hydrogen (secondary N) is 3. The number of hydrogen-bond acceptors (Lipinski definition) is 8. The first kappa shape index (κ1) is 36.5. The van der Waals surface area contributed by atoms with Crippen LogP contribution in [0.25, 0.3) is 0 Å². The second-order valence-corrected chi connectivity index (χ2v) is 13.8. The number of aromatic nitrogens is 1. The molecule has 4 atom stereocenters. The van der Waals surface area contributed by atoms with Gasteiger partial charge in [0.1, 0.15) is 17.8 Å². The molecule has 0 saturated heterocycles. The summed E-state index contributed by atoms with van der Waals surface area (Å²) >= 11 is 0. The molecule has 0 radical (unpaired) electrons. The summed E-state index contributed by atoms with van der Waals surface area (Å²) in [4.78, 5) is 42.7. The van der Waals surface area contributed by atoms with E-state index in [9.17, 15) is 33.0 Å². The number of pyridine rings is 1. The van der Waals surface area contributed by atoms with Crippen LogP contribution in [0, 0.1) is 11.8 Å². The minimum absolute atomic E-state index is 0.0166. The van der Waals surface area contributed by atoms with E-state index < -0.39 is 62.9 Å². The predicted octanol–water partition coefficient (Wildman–Crippen LogP) is 1.98. The average Bonchev–Trinajstić information content (AvgIpc) is 2.90. The highest BCUT2D eigenvalue weighted by Crippen LogP contribution is 2.18. The van der Waals surface area contributed by atoms with Gasteiger partial charge >= 0.3 is 0 Å². The molecule has 12 heteroatoms. The van der Waals surface area contributed by atoms with Crippen molar-refractivity contribution in [2.75, 3.05) is 12.3 Å². The van der Waals surface area contributed by atoms with Crippen molar-refractivity contribution in [3.63, 3.8) is 0 Å². The SMILES string of the molecule is CCCC(CCC)S(=O)(=O)CC(NC(=O)c1ccccn1)C(=O)N[C@@H](CC(C)C)[C@@H](O)[C@H](O)CC(=O)NCC(C)C. The summed E-state index contributed by atoms with van der Waals surface area (Å²) in [6.45, 7) is 11.8. The molecular weight excluding hydrogens is 548 g/mol. The first-order valence-electron chi connectivity index (χ1n) is 14.6. The summed E-state index contributed by atoms with van der Waals surface area (Å²) in [5.74, 6) is -2.42. The lowest BCUT2D eigenvalue weighted by atomic mass is 9.94. The largest absolute Gasteiger partial charge is 0.390 e. The third-order valence-electron chi connectivity index (χ3n) is 6.61. The molecule has 0 aliphatic rings. The van der Waals surface area contributed by atoms with Gasteiger partial charge in [-0.15, -0.1) is 0 Å². The second-order valence-electron chi connectivity index (χ2n) is 11.5. The first-order valence-corrected chi connectivity index (χ1v) is 16.3. The highest BCUT2D eigenvalue weighted by atomic mass is 32.2. The van der Waals surface area contributed by atoms with Crippen LogP contribution in [0.15, 0.2) is 24.4 Å². The number of sulfone groups is 1. The lowest BCUT2D eigenvalue weighted by Gasteiger charge is -2.31. The van der Waals surface area contributed by atoms with E-state index >= 15 is 0 Å². The van der Waals surface area contributed by atoms with Crippen molar-refractivity contribution >= 4 is 27.6 Å². The zero-order valence-electron chi connectivity index (χ0n) is 25.3.